The zero-order valence-electron chi connectivity index (χ0n) is 15.2. The minimum atomic E-state index is -0.0952. The maximum absolute atomic E-state index is 13.0. The van der Waals surface area contributed by atoms with Gasteiger partial charge in [-0.2, -0.15) is 5.10 Å². The Morgan fingerprint density at radius 1 is 1.27 bits per heavy atom. The Balaban J connectivity index is 1.62. The first kappa shape index (κ1) is 17.1. The molecule has 0 aliphatic carbocycles. The molecule has 1 aromatic carbocycles. The van der Waals surface area contributed by atoms with E-state index in [0.717, 1.165) is 41.9 Å². The third kappa shape index (κ3) is 2.69. The largest absolute Gasteiger partial charge is 0.336 e. The Morgan fingerprint density at radius 3 is 2.73 bits per heavy atom. The standard InChI is InChI=1S/C19H22ClN5O/c1-12-16(20)17(22-24(12)3)19(26)25-10-6-7-13(11-25)18-21-14-8-4-5-9-15(14)23(18)2/h4-5,8-9,13H,6-7,10-11H2,1-3H3. The van der Waals surface area contributed by atoms with Crippen LogP contribution in [0.25, 0.3) is 11.0 Å². The number of rotatable bonds is 2. The highest BCUT2D eigenvalue weighted by molar-refractivity contribution is 6.34. The summed E-state index contributed by atoms with van der Waals surface area (Å²) in [5.41, 5.74) is 3.27. The van der Waals surface area contributed by atoms with Gasteiger partial charge in [-0.05, 0) is 31.9 Å². The zero-order chi connectivity index (χ0) is 18.4. The second-order valence-electron chi connectivity index (χ2n) is 6.98. The van der Waals surface area contributed by atoms with Crippen LogP contribution in [-0.2, 0) is 14.1 Å². The summed E-state index contributed by atoms with van der Waals surface area (Å²) in [6, 6.07) is 8.13. The van der Waals surface area contributed by atoms with E-state index in [1.165, 1.54) is 0 Å². The van der Waals surface area contributed by atoms with Crippen molar-refractivity contribution in [2.45, 2.75) is 25.7 Å². The first-order chi connectivity index (χ1) is 12.5. The maximum atomic E-state index is 13.0. The van der Waals surface area contributed by atoms with Crippen molar-refractivity contribution < 1.29 is 4.79 Å². The molecule has 1 amide bonds. The molecule has 26 heavy (non-hydrogen) atoms. The number of hydrogen-bond acceptors (Lipinski definition) is 3. The predicted molar refractivity (Wildman–Crippen MR) is 102 cm³/mol. The number of fused-ring (bicyclic) bond motifs is 1. The van der Waals surface area contributed by atoms with Gasteiger partial charge in [-0.15, -0.1) is 0 Å². The summed E-state index contributed by atoms with van der Waals surface area (Å²) in [7, 11) is 3.85. The number of nitrogens with zero attached hydrogens (tertiary/aromatic N) is 5. The van der Waals surface area contributed by atoms with Crippen molar-refractivity contribution in [3.8, 4) is 0 Å². The van der Waals surface area contributed by atoms with E-state index in [0.29, 0.717) is 17.3 Å². The van der Waals surface area contributed by atoms with Gasteiger partial charge in [0, 0.05) is 33.1 Å². The zero-order valence-corrected chi connectivity index (χ0v) is 16.0. The summed E-state index contributed by atoms with van der Waals surface area (Å²) < 4.78 is 3.80. The van der Waals surface area contributed by atoms with Gasteiger partial charge in [-0.1, -0.05) is 23.7 Å². The van der Waals surface area contributed by atoms with Crippen LogP contribution in [0.1, 0.15) is 40.8 Å². The Labute approximate surface area is 157 Å². The smallest absolute Gasteiger partial charge is 0.275 e. The number of carbonyl (C=O) groups excluding carboxylic acids is 1. The maximum Gasteiger partial charge on any atom is 0.275 e. The minimum Gasteiger partial charge on any atom is -0.336 e. The quantitative estimate of drug-likeness (QED) is 0.694. The molecule has 1 saturated heterocycles. The Morgan fingerprint density at radius 2 is 2.04 bits per heavy atom. The van der Waals surface area contributed by atoms with Gasteiger partial charge in [0.1, 0.15) is 5.82 Å². The molecule has 0 N–H and O–H groups in total. The Hall–Kier alpha value is -2.34. The molecule has 2 aromatic heterocycles. The van der Waals surface area contributed by atoms with Crippen LogP contribution in [0.5, 0.6) is 0 Å². The lowest BCUT2D eigenvalue weighted by molar-refractivity contribution is 0.0697. The number of carbonyl (C=O) groups is 1. The lowest BCUT2D eigenvalue weighted by atomic mass is 9.97. The molecule has 0 radical (unpaired) electrons. The van der Waals surface area contributed by atoms with Gasteiger partial charge in [0.05, 0.1) is 21.7 Å². The number of para-hydroxylation sites is 2. The van der Waals surface area contributed by atoms with E-state index in [2.05, 4.69) is 15.7 Å². The monoisotopic (exact) mass is 371 g/mol. The van der Waals surface area contributed by atoms with Crippen molar-refractivity contribution in [3.05, 3.63) is 46.5 Å². The molecule has 3 heterocycles. The van der Waals surface area contributed by atoms with Gasteiger partial charge >= 0.3 is 0 Å². The molecule has 6 nitrogen and oxygen atoms in total. The van der Waals surface area contributed by atoms with E-state index >= 15 is 0 Å². The number of aryl methyl sites for hydroxylation is 2. The van der Waals surface area contributed by atoms with Crippen LogP contribution in [0.15, 0.2) is 24.3 Å². The summed E-state index contributed by atoms with van der Waals surface area (Å²) in [4.78, 5) is 19.6. The van der Waals surface area contributed by atoms with Gasteiger partial charge in [0.25, 0.3) is 5.91 Å². The van der Waals surface area contributed by atoms with Crippen LogP contribution < -0.4 is 0 Å². The highest BCUT2D eigenvalue weighted by Crippen LogP contribution is 2.30. The number of amides is 1. The molecule has 1 unspecified atom stereocenters. The topological polar surface area (TPSA) is 56.0 Å². The molecule has 7 heteroatoms. The lowest BCUT2D eigenvalue weighted by Gasteiger charge is -2.32. The number of piperidine rings is 1. The van der Waals surface area contributed by atoms with E-state index in [4.69, 9.17) is 16.6 Å². The van der Waals surface area contributed by atoms with Crippen LogP contribution in [0.4, 0.5) is 0 Å². The van der Waals surface area contributed by atoms with Crippen LogP contribution in [-0.4, -0.2) is 43.2 Å². The molecule has 0 spiro atoms. The third-order valence-electron chi connectivity index (χ3n) is 5.36. The molecular formula is C19H22ClN5O. The van der Waals surface area contributed by atoms with E-state index in [1.54, 1.807) is 11.7 Å². The number of halogens is 1. The third-order valence-corrected chi connectivity index (χ3v) is 5.81. The molecule has 0 saturated carbocycles. The van der Waals surface area contributed by atoms with Crippen LogP contribution >= 0.6 is 11.6 Å². The number of benzene rings is 1. The van der Waals surface area contributed by atoms with Crippen molar-refractivity contribution in [1.82, 2.24) is 24.2 Å². The molecule has 1 fully saturated rings. The van der Waals surface area contributed by atoms with Crippen LogP contribution in [0.2, 0.25) is 5.02 Å². The average Bonchev–Trinajstić information content (AvgIpc) is 3.13. The SMILES string of the molecule is Cc1c(Cl)c(C(=O)N2CCCC(c3nc4ccccc4n3C)C2)nn1C. The number of likely N-dealkylation sites (tertiary alicyclic amines) is 1. The van der Waals surface area contributed by atoms with Crippen molar-refractivity contribution in [2.75, 3.05) is 13.1 Å². The molecule has 1 atom stereocenters. The van der Waals surface area contributed by atoms with Gasteiger partial charge in [0.15, 0.2) is 5.69 Å². The van der Waals surface area contributed by atoms with Crippen molar-refractivity contribution in [1.29, 1.82) is 0 Å². The van der Waals surface area contributed by atoms with Crippen molar-refractivity contribution >= 4 is 28.5 Å². The normalized spacial score (nSPS) is 17.8. The van der Waals surface area contributed by atoms with Crippen LogP contribution in [0.3, 0.4) is 0 Å². The van der Waals surface area contributed by atoms with Gasteiger partial charge in [0.2, 0.25) is 0 Å². The average molecular weight is 372 g/mol. The fraction of sp³-hybridized carbons (Fsp3) is 0.421. The molecule has 3 aromatic rings. The van der Waals surface area contributed by atoms with Crippen molar-refractivity contribution in [2.24, 2.45) is 14.1 Å². The highest BCUT2D eigenvalue weighted by Gasteiger charge is 2.31. The van der Waals surface area contributed by atoms with E-state index in [-0.39, 0.29) is 11.8 Å². The summed E-state index contributed by atoms with van der Waals surface area (Å²) in [5, 5.41) is 4.75. The second-order valence-corrected chi connectivity index (χ2v) is 7.36. The summed E-state index contributed by atoms with van der Waals surface area (Å²) in [6.07, 6.45) is 1.97. The molecule has 0 bridgehead atoms. The second kappa shape index (κ2) is 6.43. The van der Waals surface area contributed by atoms with E-state index in [1.807, 2.05) is 37.1 Å². The number of imidazole rings is 1. The Bertz CT molecular complexity index is 989. The van der Waals surface area contributed by atoms with Gasteiger partial charge in [-0.25, -0.2) is 4.98 Å². The number of aromatic nitrogens is 4. The first-order valence-electron chi connectivity index (χ1n) is 8.87. The van der Waals surface area contributed by atoms with Crippen LogP contribution in [0, 0.1) is 6.92 Å². The molecule has 136 valence electrons. The molecular weight excluding hydrogens is 350 g/mol. The van der Waals surface area contributed by atoms with Gasteiger partial charge in [-0.3, -0.25) is 9.48 Å². The fourth-order valence-electron chi connectivity index (χ4n) is 3.77. The highest BCUT2D eigenvalue weighted by atomic mass is 35.5. The minimum absolute atomic E-state index is 0.0952. The fourth-order valence-corrected chi connectivity index (χ4v) is 4.01. The number of hydrogen-bond donors (Lipinski definition) is 0. The molecule has 1 aliphatic rings. The Kier molecular flexibility index (Phi) is 4.23. The molecule has 1 aliphatic heterocycles. The summed E-state index contributed by atoms with van der Waals surface area (Å²) in [6.45, 7) is 3.23. The van der Waals surface area contributed by atoms with E-state index < -0.39 is 0 Å². The summed E-state index contributed by atoms with van der Waals surface area (Å²) >= 11 is 6.31. The first-order valence-corrected chi connectivity index (χ1v) is 9.25. The van der Waals surface area contributed by atoms with E-state index in [9.17, 15) is 4.79 Å². The van der Waals surface area contributed by atoms with Crippen molar-refractivity contribution in [3.63, 3.8) is 0 Å². The lowest BCUT2D eigenvalue weighted by Crippen LogP contribution is -2.40. The molecule has 4 rings (SSSR count). The predicted octanol–water partition coefficient (Wildman–Crippen LogP) is 3.29. The van der Waals surface area contributed by atoms with Gasteiger partial charge < -0.3 is 9.47 Å². The summed E-state index contributed by atoms with van der Waals surface area (Å²) in [5.74, 6) is 1.16.